The highest BCUT2D eigenvalue weighted by Gasteiger charge is 2.47. The molecule has 0 saturated carbocycles. The highest BCUT2D eigenvalue weighted by atomic mass is 32.2. The minimum absolute atomic E-state index is 0.000729. The largest absolute Gasteiger partial charge is 0.418 e. The van der Waals surface area contributed by atoms with Gasteiger partial charge >= 0.3 is 12.4 Å². The highest BCUT2D eigenvalue weighted by molar-refractivity contribution is 7.99. The Hall–Kier alpha value is -3.23. The van der Waals surface area contributed by atoms with Gasteiger partial charge < -0.3 is 24.8 Å². The topological polar surface area (TPSA) is 65.1 Å². The van der Waals surface area contributed by atoms with Gasteiger partial charge in [0.05, 0.1) is 30.9 Å². The fourth-order valence-corrected chi connectivity index (χ4v) is 6.35. The first kappa shape index (κ1) is 34.6. The number of anilines is 1. The predicted molar refractivity (Wildman–Crippen MR) is 159 cm³/mol. The molecular formula is C31H36F6N4O3S. The average molecular weight is 659 g/mol. The van der Waals surface area contributed by atoms with Crippen LogP contribution >= 0.6 is 11.8 Å². The number of ketones is 1. The molecule has 0 aromatic heterocycles. The Labute approximate surface area is 262 Å². The van der Waals surface area contributed by atoms with E-state index in [2.05, 4.69) is 5.32 Å². The fourth-order valence-electron chi connectivity index (χ4n) is 5.31. The zero-order valence-electron chi connectivity index (χ0n) is 25.0. The van der Waals surface area contributed by atoms with E-state index in [1.807, 2.05) is 23.9 Å². The zero-order valence-corrected chi connectivity index (χ0v) is 25.8. The van der Waals surface area contributed by atoms with Crippen molar-refractivity contribution in [2.75, 3.05) is 65.3 Å². The lowest BCUT2D eigenvalue weighted by molar-refractivity contribution is -0.163. The summed E-state index contributed by atoms with van der Waals surface area (Å²) in [5.74, 6) is -1.13. The molecule has 2 fully saturated rings. The fraction of sp³-hybridized carbons (Fsp3) is 0.484. The van der Waals surface area contributed by atoms with Crippen LogP contribution in [-0.4, -0.2) is 92.5 Å². The minimum atomic E-state index is -5.44. The number of hydrogen-bond acceptors (Lipinski definition) is 7. The van der Waals surface area contributed by atoms with Crippen LogP contribution in [0.4, 0.5) is 32.0 Å². The summed E-state index contributed by atoms with van der Waals surface area (Å²) in [6.45, 7) is 3.04. The van der Waals surface area contributed by atoms with Gasteiger partial charge in [-0.05, 0) is 63.7 Å². The van der Waals surface area contributed by atoms with Crippen LogP contribution in [0, 0.1) is 0 Å². The van der Waals surface area contributed by atoms with Gasteiger partial charge in [0.15, 0.2) is 5.78 Å². The van der Waals surface area contributed by atoms with Gasteiger partial charge in [-0.25, -0.2) is 0 Å². The van der Waals surface area contributed by atoms with Crippen molar-refractivity contribution < 1.29 is 40.7 Å². The Morgan fingerprint density at radius 1 is 0.978 bits per heavy atom. The van der Waals surface area contributed by atoms with E-state index < -0.39 is 39.7 Å². The third kappa shape index (κ3) is 9.63. The second-order valence-corrected chi connectivity index (χ2v) is 12.3. The van der Waals surface area contributed by atoms with E-state index in [1.165, 1.54) is 12.3 Å². The maximum Gasteiger partial charge on any atom is 0.418 e. The molecule has 4 rings (SSSR count). The number of nitrogens with zero attached hydrogens (tertiary/aromatic N) is 3. The highest BCUT2D eigenvalue weighted by Crippen LogP contribution is 2.48. The van der Waals surface area contributed by atoms with Crippen molar-refractivity contribution in [1.82, 2.24) is 14.7 Å². The number of alkyl halides is 6. The molecule has 0 spiro atoms. The molecule has 2 aliphatic rings. The van der Waals surface area contributed by atoms with Gasteiger partial charge in [0.2, 0.25) is 5.91 Å². The summed E-state index contributed by atoms with van der Waals surface area (Å²) in [5.41, 5.74) is -4.36. The normalized spacial score (nSPS) is 18.4. The number of carbonyl (C=O) groups is 2. The zero-order chi connectivity index (χ0) is 32.8. The Morgan fingerprint density at radius 3 is 2.36 bits per heavy atom. The van der Waals surface area contributed by atoms with Gasteiger partial charge in [-0.1, -0.05) is 17.8 Å². The summed E-state index contributed by atoms with van der Waals surface area (Å²) in [6.07, 6.45) is -6.47. The molecule has 7 nitrogen and oxygen atoms in total. The number of benzene rings is 2. The van der Waals surface area contributed by atoms with E-state index >= 15 is 0 Å². The number of amides is 1. The van der Waals surface area contributed by atoms with Crippen LogP contribution in [0.3, 0.4) is 0 Å². The Kier molecular flexibility index (Phi) is 11.5. The molecule has 246 valence electrons. The first-order chi connectivity index (χ1) is 21.2. The maximum atomic E-state index is 14.3. The number of carbonyl (C=O) groups excluding carboxylic acids is 2. The van der Waals surface area contributed by atoms with E-state index in [4.69, 9.17) is 4.74 Å². The maximum absolute atomic E-state index is 14.3. The molecule has 2 aliphatic heterocycles. The molecule has 0 aliphatic carbocycles. The Balaban J connectivity index is 1.56. The standard InChI is InChI=1S/C31H36F6N4O3S/c1-39(2)20-27(43)41-12-4-6-21(10-14-41)38-22-5-3-7-23(19-22)45-26-9-8-24(25(42)11-13-40-15-17-44-18-16-40)28(30(32,33)34)29(26)31(35,36)37/h3,5,7-9,11,13,19,21,38H,4,6,10,12,14-18,20H2,1-2H3. The van der Waals surface area contributed by atoms with E-state index in [1.54, 1.807) is 23.1 Å². The molecule has 2 aromatic rings. The van der Waals surface area contributed by atoms with Crippen molar-refractivity contribution in [1.29, 1.82) is 0 Å². The van der Waals surface area contributed by atoms with Crippen molar-refractivity contribution in [2.24, 2.45) is 0 Å². The third-order valence-electron chi connectivity index (χ3n) is 7.45. The average Bonchev–Trinajstić information content (AvgIpc) is 3.20. The summed E-state index contributed by atoms with van der Waals surface area (Å²) < 4.78 is 91.0. The second-order valence-electron chi connectivity index (χ2n) is 11.2. The number of nitrogens with one attached hydrogen (secondary N) is 1. The second kappa shape index (κ2) is 14.9. The van der Waals surface area contributed by atoms with Gasteiger partial charge in [-0.3, -0.25) is 9.59 Å². The van der Waals surface area contributed by atoms with Crippen LogP contribution in [0.2, 0.25) is 0 Å². The van der Waals surface area contributed by atoms with E-state index in [0.29, 0.717) is 74.7 Å². The molecule has 14 heteroatoms. The molecule has 0 radical (unpaired) electrons. The van der Waals surface area contributed by atoms with Crippen molar-refractivity contribution in [2.45, 2.75) is 47.4 Å². The van der Waals surface area contributed by atoms with Crippen molar-refractivity contribution in [3.63, 3.8) is 0 Å². The number of rotatable bonds is 9. The lowest BCUT2D eigenvalue weighted by Gasteiger charge is -2.25. The summed E-state index contributed by atoms with van der Waals surface area (Å²) >= 11 is 0.549. The summed E-state index contributed by atoms with van der Waals surface area (Å²) in [4.78, 5) is 30.2. The van der Waals surface area contributed by atoms with Crippen LogP contribution in [0.1, 0.15) is 40.7 Å². The van der Waals surface area contributed by atoms with Gasteiger partial charge in [0, 0.05) is 65.5 Å². The molecule has 1 amide bonds. The Bertz CT molecular complexity index is 1380. The van der Waals surface area contributed by atoms with Crippen LogP contribution in [0.15, 0.2) is 58.5 Å². The van der Waals surface area contributed by atoms with Crippen molar-refractivity contribution >= 4 is 29.1 Å². The molecule has 2 heterocycles. The molecule has 2 saturated heterocycles. The first-order valence-corrected chi connectivity index (χ1v) is 15.4. The third-order valence-corrected chi connectivity index (χ3v) is 8.50. The van der Waals surface area contributed by atoms with Gasteiger partial charge in [-0.2, -0.15) is 26.3 Å². The number of morpholine rings is 1. The van der Waals surface area contributed by atoms with Gasteiger partial charge in [-0.15, -0.1) is 0 Å². The predicted octanol–water partition coefficient (Wildman–Crippen LogP) is 6.26. The SMILES string of the molecule is CN(C)CC(=O)N1CCCC(Nc2cccc(Sc3ccc(C(=O)C=CN4CCOCC4)c(C(F)(F)F)c3C(F)(F)F)c2)CC1. The van der Waals surface area contributed by atoms with Gasteiger partial charge in [0.1, 0.15) is 0 Å². The van der Waals surface area contributed by atoms with Crippen molar-refractivity contribution in [3.8, 4) is 0 Å². The molecule has 2 aromatic carbocycles. The Morgan fingerprint density at radius 2 is 1.69 bits per heavy atom. The monoisotopic (exact) mass is 658 g/mol. The number of halogens is 6. The lowest BCUT2D eigenvalue weighted by Crippen LogP contribution is -2.38. The summed E-state index contributed by atoms with van der Waals surface area (Å²) in [6, 6.07) is 8.18. The number of hydrogen-bond donors (Lipinski definition) is 1. The summed E-state index contributed by atoms with van der Waals surface area (Å²) in [5, 5.41) is 3.36. The van der Waals surface area contributed by atoms with E-state index in [9.17, 15) is 35.9 Å². The molecule has 1 atom stereocenters. The van der Waals surface area contributed by atoms with Crippen LogP contribution in [-0.2, 0) is 21.9 Å². The molecule has 0 bridgehead atoms. The van der Waals surface area contributed by atoms with Crippen molar-refractivity contribution in [3.05, 3.63) is 65.4 Å². The molecular weight excluding hydrogens is 622 g/mol. The summed E-state index contributed by atoms with van der Waals surface area (Å²) in [7, 11) is 3.65. The van der Waals surface area contributed by atoms with E-state index in [0.717, 1.165) is 31.1 Å². The smallest absolute Gasteiger partial charge is 0.382 e. The quantitative estimate of drug-likeness (QED) is 0.194. The first-order valence-electron chi connectivity index (χ1n) is 14.5. The number of ether oxygens (including phenoxy) is 1. The molecule has 1 N–H and O–H groups in total. The lowest BCUT2D eigenvalue weighted by atomic mass is 9.96. The number of allylic oxidation sites excluding steroid dienone is 1. The molecule has 1 unspecified atom stereocenters. The number of likely N-dealkylation sites (tertiary alicyclic amines) is 1. The van der Waals surface area contributed by atoms with Crippen LogP contribution in [0.25, 0.3) is 0 Å². The van der Waals surface area contributed by atoms with Gasteiger partial charge in [0.25, 0.3) is 0 Å². The van der Waals surface area contributed by atoms with Crippen LogP contribution in [0.5, 0.6) is 0 Å². The van der Waals surface area contributed by atoms with Crippen LogP contribution < -0.4 is 5.32 Å². The number of likely N-dealkylation sites (N-methyl/N-ethyl adjacent to an activating group) is 1. The van der Waals surface area contributed by atoms with E-state index in [-0.39, 0.29) is 11.9 Å². The minimum Gasteiger partial charge on any atom is -0.382 e. The molecule has 45 heavy (non-hydrogen) atoms.